The van der Waals surface area contributed by atoms with Gasteiger partial charge in [0, 0.05) is 13.1 Å². The standard InChI is InChI=1S/C16H17ClN2O5S2/c17-15-3-1-2-4-16(15)18-25(20,21)13-5-7-14(8-6-13)26(22,23)19-9-11-24-12-10-19/h1-8,18H,9-12H2. The first-order valence-electron chi connectivity index (χ1n) is 7.76. The molecule has 26 heavy (non-hydrogen) atoms. The van der Waals surface area contributed by atoms with Crippen LogP contribution in [0.5, 0.6) is 0 Å². The van der Waals surface area contributed by atoms with Crippen LogP contribution in [0.4, 0.5) is 5.69 Å². The molecule has 7 nitrogen and oxygen atoms in total. The van der Waals surface area contributed by atoms with Gasteiger partial charge in [-0.15, -0.1) is 0 Å². The van der Waals surface area contributed by atoms with Crippen molar-refractivity contribution in [3.8, 4) is 0 Å². The molecule has 1 saturated heterocycles. The quantitative estimate of drug-likeness (QED) is 0.806. The van der Waals surface area contributed by atoms with E-state index < -0.39 is 20.0 Å². The normalized spacial score (nSPS) is 16.3. The lowest BCUT2D eigenvalue weighted by molar-refractivity contribution is 0.0730. The summed E-state index contributed by atoms with van der Waals surface area (Å²) in [5.41, 5.74) is 0.249. The molecule has 1 aliphatic heterocycles. The second kappa shape index (κ2) is 7.53. The van der Waals surface area contributed by atoms with E-state index in [-0.39, 0.29) is 33.6 Å². The van der Waals surface area contributed by atoms with E-state index in [1.54, 1.807) is 18.2 Å². The smallest absolute Gasteiger partial charge is 0.261 e. The summed E-state index contributed by atoms with van der Waals surface area (Å²) >= 11 is 5.97. The van der Waals surface area contributed by atoms with Crippen molar-refractivity contribution in [2.75, 3.05) is 31.0 Å². The number of hydrogen-bond acceptors (Lipinski definition) is 5. The van der Waals surface area contributed by atoms with Crippen LogP contribution in [-0.4, -0.2) is 47.4 Å². The molecule has 1 aliphatic rings. The van der Waals surface area contributed by atoms with Gasteiger partial charge in [0.25, 0.3) is 10.0 Å². The Morgan fingerprint density at radius 2 is 1.46 bits per heavy atom. The van der Waals surface area contributed by atoms with Crippen molar-refractivity contribution in [1.82, 2.24) is 4.31 Å². The summed E-state index contributed by atoms with van der Waals surface area (Å²) < 4.78 is 59.0. The molecule has 3 rings (SSSR count). The zero-order chi connectivity index (χ0) is 18.8. The van der Waals surface area contributed by atoms with E-state index in [1.165, 1.54) is 34.6 Å². The SMILES string of the molecule is O=S(=O)(Nc1ccccc1Cl)c1ccc(S(=O)(=O)N2CCOCC2)cc1. The largest absolute Gasteiger partial charge is 0.379 e. The summed E-state index contributed by atoms with van der Waals surface area (Å²) in [7, 11) is -7.56. The molecule has 1 N–H and O–H groups in total. The van der Waals surface area contributed by atoms with E-state index in [2.05, 4.69) is 4.72 Å². The molecule has 0 bridgehead atoms. The van der Waals surface area contributed by atoms with Crippen LogP contribution in [0.3, 0.4) is 0 Å². The molecule has 1 heterocycles. The zero-order valence-electron chi connectivity index (χ0n) is 13.6. The zero-order valence-corrected chi connectivity index (χ0v) is 16.0. The van der Waals surface area contributed by atoms with E-state index in [0.29, 0.717) is 13.2 Å². The topological polar surface area (TPSA) is 92.8 Å². The molecule has 0 amide bonds. The monoisotopic (exact) mass is 416 g/mol. The van der Waals surface area contributed by atoms with Gasteiger partial charge >= 0.3 is 0 Å². The van der Waals surface area contributed by atoms with E-state index in [9.17, 15) is 16.8 Å². The van der Waals surface area contributed by atoms with Crippen molar-refractivity contribution in [3.63, 3.8) is 0 Å². The minimum atomic E-state index is -3.89. The average molecular weight is 417 g/mol. The third kappa shape index (κ3) is 4.02. The fourth-order valence-corrected chi connectivity index (χ4v) is 5.20. The molecule has 0 atom stereocenters. The van der Waals surface area contributed by atoms with Gasteiger partial charge in [-0.05, 0) is 36.4 Å². The Bertz CT molecular complexity index is 986. The number of rotatable bonds is 5. The van der Waals surface area contributed by atoms with Crippen molar-refractivity contribution in [3.05, 3.63) is 53.6 Å². The second-order valence-electron chi connectivity index (χ2n) is 5.57. The van der Waals surface area contributed by atoms with Gasteiger partial charge in [-0.25, -0.2) is 16.8 Å². The van der Waals surface area contributed by atoms with E-state index >= 15 is 0 Å². The first-order valence-corrected chi connectivity index (χ1v) is 11.1. The molecule has 0 aliphatic carbocycles. The van der Waals surface area contributed by atoms with Gasteiger partial charge in [-0.1, -0.05) is 23.7 Å². The van der Waals surface area contributed by atoms with Crippen LogP contribution in [0, 0.1) is 0 Å². The maximum absolute atomic E-state index is 12.6. The number of benzene rings is 2. The Kier molecular flexibility index (Phi) is 5.54. The van der Waals surface area contributed by atoms with E-state index in [4.69, 9.17) is 16.3 Å². The van der Waals surface area contributed by atoms with Gasteiger partial charge in [0.15, 0.2) is 0 Å². The number of sulfonamides is 2. The van der Waals surface area contributed by atoms with Gasteiger partial charge in [0.2, 0.25) is 10.0 Å². The fourth-order valence-electron chi connectivity index (χ4n) is 2.47. The Hall–Kier alpha value is -1.65. The third-order valence-corrected chi connectivity index (χ3v) is 7.48. The number of para-hydroxylation sites is 1. The highest BCUT2D eigenvalue weighted by molar-refractivity contribution is 7.92. The van der Waals surface area contributed by atoms with Gasteiger partial charge in [-0.2, -0.15) is 4.31 Å². The van der Waals surface area contributed by atoms with Crippen LogP contribution in [0.25, 0.3) is 0 Å². The lowest BCUT2D eigenvalue weighted by Crippen LogP contribution is -2.40. The Labute approximate surface area is 157 Å². The van der Waals surface area contributed by atoms with Crippen LogP contribution in [0.1, 0.15) is 0 Å². The molecule has 10 heteroatoms. The molecule has 1 fully saturated rings. The second-order valence-corrected chi connectivity index (χ2v) is 9.60. The van der Waals surface area contributed by atoms with Crippen molar-refractivity contribution >= 4 is 37.3 Å². The van der Waals surface area contributed by atoms with Gasteiger partial charge < -0.3 is 4.74 Å². The number of ether oxygens (including phenoxy) is 1. The maximum Gasteiger partial charge on any atom is 0.261 e. The van der Waals surface area contributed by atoms with Crippen molar-refractivity contribution in [1.29, 1.82) is 0 Å². The van der Waals surface area contributed by atoms with Crippen LogP contribution in [0.15, 0.2) is 58.3 Å². The highest BCUT2D eigenvalue weighted by Gasteiger charge is 2.26. The first-order chi connectivity index (χ1) is 12.3. The number of morpholine rings is 1. The fraction of sp³-hybridized carbons (Fsp3) is 0.250. The Morgan fingerprint density at radius 3 is 2.08 bits per heavy atom. The molecule has 0 aromatic heterocycles. The minimum absolute atomic E-state index is 0.0380. The molecule has 2 aromatic carbocycles. The maximum atomic E-state index is 12.6. The molecule has 2 aromatic rings. The first kappa shape index (κ1) is 19.1. The van der Waals surface area contributed by atoms with Crippen LogP contribution >= 0.6 is 11.6 Å². The van der Waals surface area contributed by atoms with E-state index in [1.807, 2.05) is 0 Å². The molecule has 0 unspecified atom stereocenters. The molecule has 0 spiro atoms. The van der Waals surface area contributed by atoms with E-state index in [0.717, 1.165) is 0 Å². The highest BCUT2D eigenvalue weighted by Crippen LogP contribution is 2.25. The van der Waals surface area contributed by atoms with Gasteiger partial charge in [0.1, 0.15) is 0 Å². The predicted octanol–water partition coefficient (Wildman–Crippen LogP) is 2.16. The number of hydrogen-bond donors (Lipinski definition) is 1. The van der Waals surface area contributed by atoms with Gasteiger partial charge in [-0.3, -0.25) is 4.72 Å². The van der Waals surface area contributed by atoms with Crippen molar-refractivity contribution in [2.24, 2.45) is 0 Å². The molecular weight excluding hydrogens is 400 g/mol. The van der Waals surface area contributed by atoms with Crippen molar-refractivity contribution in [2.45, 2.75) is 9.79 Å². The summed E-state index contributed by atoms with van der Waals surface area (Å²) in [6, 6.07) is 11.5. The minimum Gasteiger partial charge on any atom is -0.379 e. The summed E-state index contributed by atoms with van der Waals surface area (Å²) in [6.45, 7) is 1.23. The average Bonchev–Trinajstić information content (AvgIpc) is 2.64. The number of nitrogens with zero attached hydrogens (tertiary/aromatic N) is 1. The molecule has 140 valence electrons. The molecule has 0 radical (unpaired) electrons. The van der Waals surface area contributed by atoms with Crippen molar-refractivity contribution < 1.29 is 21.6 Å². The van der Waals surface area contributed by atoms with Gasteiger partial charge in [0.05, 0.1) is 33.7 Å². The summed E-state index contributed by atoms with van der Waals surface area (Å²) in [5, 5.41) is 0.266. The lowest BCUT2D eigenvalue weighted by atomic mass is 10.3. The third-order valence-electron chi connectivity index (χ3n) is 3.86. The summed E-state index contributed by atoms with van der Waals surface area (Å²) in [4.78, 5) is -0.0190. The predicted molar refractivity (Wildman–Crippen MR) is 98.3 cm³/mol. The van der Waals surface area contributed by atoms with Crippen LogP contribution in [-0.2, 0) is 24.8 Å². The Morgan fingerprint density at radius 1 is 0.885 bits per heavy atom. The number of anilines is 1. The lowest BCUT2D eigenvalue weighted by Gasteiger charge is -2.26. The Balaban J connectivity index is 1.83. The summed E-state index contributed by atoms with van der Waals surface area (Å²) in [5.74, 6) is 0. The highest BCUT2D eigenvalue weighted by atomic mass is 35.5. The summed E-state index contributed by atoms with van der Waals surface area (Å²) in [6.07, 6.45) is 0. The molecule has 0 saturated carbocycles. The molecular formula is C16H17ClN2O5S2. The van der Waals surface area contributed by atoms with Crippen LogP contribution in [0.2, 0.25) is 5.02 Å². The van der Waals surface area contributed by atoms with Crippen LogP contribution < -0.4 is 4.72 Å². The number of nitrogens with one attached hydrogen (secondary N) is 1. The number of halogens is 1.